The molecule has 1 fully saturated rings. The molecule has 1 aromatic carbocycles. The monoisotopic (exact) mass is 379 g/mol. The molecule has 2 N–H and O–H groups in total. The van der Waals surface area contributed by atoms with Crippen molar-refractivity contribution in [1.82, 2.24) is 9.80 Å². The lowest BCUT2D eigenvalue weighted by Gasteiger charge is -2.28. The normalized spacial score (nSPS) is 17.1. The van der Waals surface area contributed by atoms with E-state index in [2.05, 4.69) is 0 Å². The highest BCUT2D eigenvalue weighted by Gasteiger charge is 2.28. The molecule has 0 radical (unpaired) electrons. The molecule has 1 saturated heterocycles. The number of nitrogens with zero attached hydrogens (tertiary/aromatic N) is 3. The van der Waals surface area contributed by atoms with Crippen LogP contribution in [0, 0.1) is 10.1 Å². The lowest BCUT2D eigenvalue weighted by Crippen LogP contribution is -2.43. The first kappa shape index (κ1) is 20.1. The number of likely N-dealkylation sites (tertiary alicyclic amines) is 1. The largest absolute Gasteiger partial charge is 0.502 e. The van der Waals surface area contributed by atoms with Crippen molar-refractivity contribution in [2.45, 2.75) is 32.2 Å². The minimum Gasteiger partial charge on any atom is -0.502 e. The lowest BCUT2D eigenvalue weighted by molar-refractivity contribution is -0.385. The maximum absolute atomic E-state index is 12.6. The van der Waals surface area contributed by atoms with Crippen molar-refractivity contribution in [3.8, 4) is 5.75 Å². The summed E-state index contributed by atoms with van der Waals surface area (Å²) in [5.41, 5.74) is -0.348. The second kappa shape index (κ2) is 8.47. The predicted molar refractivity (Wildman–Crippen MR) is 93.3 cm³/mol. The van der Waals surface area contributed by atoms with Crippen molar-refractivity contribution in [3.05, 3.63) is 33.9 Å². The summed E-state index contributed by atoms with van der Waals surface area (Å²) in [6.07, 6.45) is 1.58. The van der Waals surface area contributed by atoms with Gasteiger partial charge in [-0.15, -0.1) is 0 Å². The number of nitro groups is 1. The molecule has 2 amide bonds. The SMILES string of the molecule is CC(=O)N(CC(=O)O)C1CCCN(C(=O)c2ccc([N+](=O)[O-])c(O)c2)CC1. The van der Waals surface area contributed by atoms with Gasteiger partial charge in [0.15, 0.2) is 5.75 Å². The van der Waals surface area contributed by atoms with Gasteiger partial charge in [-0.3, -0.25) is 24.5 Å². The number of amides is 2. The van der Waals surface area contributed by atoms with Crippen molar-refractivity contribution in [3.63, 3.8) is 0 Å². The fourth-order valence-corrected chi connectivity index (χ4v) is 3.23. The molecular weight excluding hydrogens is 358 g/mol. The minimum atomic E-state index is -1.09. The molecule has 146 valence electrons. The number of phenolic OH excluding ortho intramolecular Hbond substituents is 1. The Bertz CT molecular complexity index is 765. The van der Waals surface area contributed by atoms with E-state index in [1.54, 1.807) is 4.90 Å². The van der Waals surface area contributed by atoms with E-state index in [1.807, 2.05) is 0 Å². The molecule has 2 rings (SSSR count). The zero-order chi connectivity index (χ0) is 20.1. The second-order valence-corrected chi connectivity index (χ2v) is 6.38. The van der Waals surface area contributed by atoms with Crippen LogP contribution in [0.5, 0.6) is 5.75 Å². The maximum Gasteiger partial charge on any atom is 0.323 e. The fourth-order valence-electron chi connectivity index (χ4n) is 3.23. The molecular formula is C17H21N3O7. The van der Waals surface area contributed by atoms with E-state index in [4.69, 9.17) is 5.11 Å². The molecule has 1 atom stereocenters. The summed E-state index contributed by atoms with van der Waals surface area (Å²) in [5.74, 6) is -2.39. The van der Waals surface area contributed by atoms with Gasteiger partial charge in [-0.1, -0.05) is 0 Å². The van der Waals surface area contributed by atoms with Crippen LogP contribution >= 0.6 is 0 Å². The van der Waals surface area contributed by atoms with Crippen LogP contribution < -0.4 is 0 Å². The van der Waals surface area contributed by atoms with Crippen molar-refractivity contribution in [1.29, 1.82) is 0 Å². The molecule has 1 aliphatic rings. The number of aromatic hydroxyl groups is 1. The highest BCUT2D eigenvalue weighted by molar-refractivity contribution is 5.95. The minimum absolute atomic E-state index is 0.130. The molecule has 0 saturated carbocycles. The number of aliphatic carboxylic acids is 1. The Morgan fingerprint density at radius 2 is 2.00 bits per heavy atom. The zero-order valence-corrected chi connectivity index (χ0v) is 14.8. The average molecular weight is 379 g/mol. The van der Waals surface area contributed by atoms with Gasteiger partial charge in [0.25, 0.3) is 5.91 Å². The summed E-state index contributed by atoms with van der Waals surface area (Å²) in [5, 5.41) is 29.4. The van der Waals surface area contributed by atoms with Crippen LogP contribution in [0.1, 0.15) is 36.5 Å². The molecule has 1 unspecified atom stereocenters. The van der Waals surface area contributed by atoms with Gasteiger partial charge in [0.1, 0.15) is 6.54 Å². The van der Waals surface area contributed by atoms with Gasteiger partial charge in [0.2, 0.25) is 5.91 Å². The van der Waals surface area contributed by atoms with Crippen LogP contribution in [0.3, 0.4) is 0 Å². The number of nitro benzene ring substituents is 1. The number of carbonyl (C=O) groups is 3. The third-order valence-electron chi connectivity index (χ3n) is 4.55. The third kappa shape index (κ3) is 4.93. The van der Waals surface area contributed by atoms with E-state index in [0.717, 1.165) is 12.1 Å². The predicted octanol–water partition coefficient (Wildman–Crippen LogP) is 1.23. The lowest BCUT2D eigenvalue weighted by atomic mass is 10.1. The molecule has 0 spiro atoms. The van der Waals surface area contributed by atoms with Crippen molar-refractivity contribution >= 4 is 23.5 Å². The van der Waals surface area contributed by atoms with Crippen LogP contribution in [-0.4, -0.2) is 68.4 Å². The number of hydrogen-bond acceptors (Lipinski definition) is 6. The molecule has 1 aliphatic heterocycles. The quantitative estimate of drug-likeness (QED) is 0.579. The second-order valence-electron chi connectivity index (χ2n) is 6.38. The van der Waals surface area contributed by atoms with Gasteiger partial charge < -0.3 is 20.0 Å². The number of rotatable bonds is 5. The Balaban J connectivity index is 2.10. The van der Waals surface area contributed by atoms with Crippen LogP contribution in [0.4, 0.5) is 5.69 Å². The first-order valence-electron chi connectivity index (χ1n) is 8.46. The highest BCUT2D eigenvalue weighted by Crippen LogP contribution is 2.27. The number of hydrogen-bond donors (Lipinski definition) is 2. The summed E-state index contributed by atoms with van der Waals surface area (Å²) in [7, 11) is 0. The molecule has 1 aromatic rings. The highest BCUT2D eigenvalue weighted by atomic mass is 16.6. The Labute approximate surface area is 155 Å². The molecule has 10 heteroatoms. The van der Waals surface area contributed by atoms with E-state index in [-0.39, 0.29) is 30.0 Å². The standard InChI is InChI=1S/C17H21N3O7/c1-11(21)19(10-16(23)24)13-3-2-7-18(8-6-13)17(25)12-4-5-14(20(26)27)15(22)9-12/h4-5,9,13,22H,2-3,6-8,10H2,1H3,(H,23,24). The van der Waals surface area contributed by atoms with Gasteiger partial charge in [0, 0.05) is 37.7 Å². The summed E-state index contributed by atoms with van der Waals surface area (Å²) in [4.78, 5) is 48.2. The van der Waals surface area contributed by atoms with E-state index < -0.39 is 22.3 Å². The van der Waals surface area contributed by atoms with Crippen molar-refractivity contribution < 1.29 is 29.5 Å². The number of carbonyl (C=O) groups excluding carboxylic acids is 2. The summed E-state index contributed by atoms with van der Waals surface area (Å²) >= 11 is 0. The van der Waals surface area contributed by atoms with E-state index in [0.29, 0.717) is 32.4 Å². The molecule has 1 heterocycles. The average Bonchev–Trinajstić information content (AvgIpc) is 2.84. The van der Waals surface area contributed by atoms with E-state index in [1.165, 1.54) is 17.9 Å². The van der Waals surface area contributed by atoms with Crippen molar-refractivity contribution in [2.24, 2.45) is 0 Å². The van der Waals surface area contributed by atoms with E-state index in [9.17, 15) is 29.6 Å². The van der Waals surface area contributed by atoms with E-state index >= 15 is 0 Å². The van der Waals surface area contributed by atoms with Gasteiger partial charge in [-0.2, -0.15) is 0 Å². The zero-order valence-electron chi connectivity index (χ0n) is 14.8. The number of carboxylic acids is 1. The van der Waals surface area contributed by atoms with Gasteiger partial charge in [-0.05, 0) is 31.4 Å². The molecule has 0 aliphatic carbocycles. The van der Waals surface area contributed by atoms with Crippen LogP contribution in [0.2, 0.25) is 0 Å². The fraction of sp³-hybridized carbons (Fsp3) is 0.471. The molecule has 0 bridgehead atoms. The third-order valence-corrected chi connectivity index (χ3v) is 4.55. The Morgan fingerprint density at radius 1 is 1.30 bits per heavy atom. The van der Waals surface area contributed by atoms with Crippen LogP contribution in [-0.2, 0) is 9.59 Å². The Morgan fingerprint density at radius 3 is 2.56 bits per heavy atom. The number of benzene rings is 1. The summed E-state index contributed by atoms with van der Waals surface area (Å²) < 4.78 is 0. The van der Waals surface area contributed by atoms with Crippen LogP contribution in [0.25, 0.3) is 0 Å². The number of carboxylic acid groups (broad SMARTS) is 1. The first-order chi connectivity index (χ1) is 12.7. The Kier molecular flexibility index (Phi) is 6.32. The van der Waals surface area contributed by atoms with Crippen LogP contribution in [0.15, 0.2) is 18.2 Å². The summed E-state index contributed by atoms with van der Waals surface area (Å²) in [6.45, 7) is 1.65. The number of phenols is 1. The smallest absolute Gasteiger partial charge is 0.323 e. The first-order valence-corrected chi connectivity index (χ1v) is 8.46. The van der Waals surface area contributed by atoms with Gasteiger partial charge >= 0.3 is 11.7 Å². The summed E-state index contributed by atoms with van der Waals surface area (Å²) in [6, 6.07) is 3.15. The topological polar surface area (TPSA) is 141 Å². The molecule has 0 aromatic heterocycles. The van der Waals surface area contributed by atoms with Crippen molar-refractivity contribution in [2.75, 3.05) is 19.6 Å². The molecule has 10 nitrogen and oxygen atoms in total. The Hall–Kier alpha value is -3.17. The van der Waals surface area contributed by atoms with Gasteiger partial charge in [0.05, 0.1) is 4.92 Å². The molecule has 27 heavy (non-hydrogen) atoms. The maximum atomic E-state index is 12.6. The van der Waals surface area contributed by atoms with Gasteiger partial charge in [-0.25, -0.2) is 0 Å².